The first-order valence-electron chi connectivity index (χ1n) is 4.32. The van der Waals surface area contributed by atoms with E-state index in [-0.39, 0.29) is 11.6 Å². The van der Waals surface area contributed by atoms with Gasteiger partial charge in [-0.25, -0.2) is 0 Å². The van der Waals surface area contributed by atoms with Gasteiger partial charge in [0.2, 0.25) is 0 Å². The zero-order valence-electron chi connectivity index (χ0n) is 8.27. The predicted octanol–water partition coefficient (Wildman–Crippen LogP) is 0.336. The molecule has 4 N–H and O–H groups in total. The summed E-state index contributed by atoms with van der Waals surface area (Å²) >= 11 is 0. The molecule has 0 fully saturated rings. The van der Waals surface area contributed by atoms with Gasteiger partial charge >= 0.3 is 0 Å². The lowest BCUT2D eigenvalue weighted by atomic mass is 10.2. The van der Waals surface area contributed by atoms with Gasteiger partial charge in [-0.2, -0.15) is 4.98 Å². The third kappa shape index (κ3) is 1.76. The van der Waals surface area contributed by atoms with E-state index < -0.39 is 0 Å². The Kier molecular flexibility index (Phi) is 2.91. The summed E-state index contributed by atoms with van der Waals surface area (Å²) < 4.78 is 1.72. The van der Waals surface area contributed by atoms with Crippen LogP contribution in [0.25, 0.3) is 6.08 Å². The Morgan fingerprint density at radius 3 is 2.71 bits per heavy atom. The fraction of sp³-hybridized carbons (Fsp3) is 0.333. The monoisotopic (exact) mass is 194 g/mol. The van der Waals surface area contributed by atoms with Gasteiger partial charge in [0.15, 0.2) is 0 Å². The molecule has 0 aliphatic heterocycles. The quantitative estimate of drug-likeness (QED) is 0.710. The van der Waals surface area contributed by atoms with E-state index >= 15 is 0 Å². The lowest BCUT2D eigenvalue weighted by Gasteiger charge is -2.14. The molecule has 76 valence electrons. The first kappa shape index (κ1) is 10.3. The van der Waals surface area contributed by atoms with Gasteiger partial charge in [0.25, 0.3) is 5.56 Å². The maximum atomic E-state index is 11.3. The predicted molar refractivity (Wildman–Crippen MR) is 56.5 cm³/mol. The summed E-state index contributed by atoms with van der Waals surface area (Å²) in [5.74, 6) is 0.390. The smallest absolute Gasteiger partial charge is 0.282 e. The maximum absolute atomic E-state index is 11.3. The van der Waals surface area contributed by atoms with Crippen LogP contribution in [0.1, 0.15) is 25.5 Å². The highest BCUT2D eigenvalue weighted by molar-refractivity contribution is 5.59. The van der Waals surface area contributed by atoms with E-state index in [4.69, 9.17) is 11.5 Å². The molecule has 5 heteroatoms. The molecule has 0 saturated carbocycles. The SMILES string of the molecule is CC(C)n1cnc(=O)c(/C=C\N)c1N. The lowest BCUT2D eigenvalue weighted by Crippen LogP contribution is -2.20. The molecule has 0 aliphatic carbocycles. The van der Waals surface area contributed by atoms with Gasteiger partial charge in [-0.05, 0) is 26.1 Å². The van der Waals surface area contributed by atoms with Gasteiger partial charge in [0.05, 0.1) is 5.56 Å². The molecular weight excluding hydrogens is 180 g/mol. The molecule has 1 rings (SSSR count). The maximum Gasteiger partial charge on any atom is 0.282 e. The molecule has 0 radical (unpaired) electrons. The summed E-state index contributed by atoms with van der Waals surface area (Å²) in [6.07, 6.45) is 4.18. The van der Waals surface area contributed by atoms with E-state index in [9.17, 15) is 4.79 Å². The number of hydrogen-bond acceptors (Lipinski definition) is 4. The van der Waals surface area contributed by atoms with Gasteiger partial charge in [-0.15, -0.1) is 0 Å². The molecule has 14 heavy (non-hydrogen) atoms. The zero-order chi connectivity index (χ0) is 10.7. The van der Waals surface area contributed by atoms with Crippen molar-refractivity contribution in [3.8, 4) is 0 Å². The molecule has 5 nitrogen and oxygen atoms in total. The van der Waals surface area contributed by atoms with Crippen molar-refractivity contribution in [2.45, 2.75) is 19.9 Å². The lowest BCUT2D eigenvalue weighted by molar-refractivity contribution is 0.592. The number of anilines is 1. The van der Waals surface area contributed by atoms with Crippen molar-refractivity contribution >= 4 is 11.9 Å². The Morgan fingerprint density at radius 2 is 2.21 bits per heavy atom. The van der Waals surface area contributed by atoms with Crippen molar-refractivity contribution in [3.63, 3.8) is 0 Å². The molecule has 1 heterocycles. The number of aromatic nitrogens is 2. The van der Waals surface area contributed by atoms with Crippen LogP contribution >= 0.6 is 0 Å². The molecule has 0 amide bonds. The normalized spacial score (nSPS) is 11.4. The standard InChI is InChI=1S/C9H14N4O/c1-6(2)13-5-12-9(14)7(3-4-10)8(13)11/h3-6H,10-11H2,1-2H3/b4-3-. The van der Waals surface area contributed by atoms with Crippen LogP contribution in [0.15, 0.2) is 17.3 Å². The van der Waals surface area contributed by atoms with Crippen LogP contribution in [0.4, 0.5) is 5.82 Å². The third-order valence-electron chi connectivity index (χ3n) is 1.90. The molecular formula is C9H14N4O. The van der Waals surface area contributed by atoms with Crippen molar-refractivity contribution in [1.29, 1.82) is 0 Å². The Hall–Kier alpha value is -1.78. The van der Waals surface area contributed by atoms with E-state index in [0.717, 1.165) is 0 Å². The second kappa shape index (κ2) is 3.95. The highest BCUT2D eigenvalue weighted by Gasteiger charge is 2.08. The van der Waals surface area contributed by atoms with Crippen LogP contribution in [0.5, 0.6) is 0 Å². The number of hydrogen-bond donors (Lipinski definition) is 2. The Bertz CT molecular complexity index is 406. The molecule has 0 atom stereocenters. The minimum atomic E-state index is -0.360. The molecule has 1 aromatic rings. The van der Waals surface area contributed by atoms with E-state index in [2.05, 4.69) is 4.98 Å². The summed E-state index contributed by atoms with van der Waals surface area (Å²) in [7, 11) is 0. The van der Waals surface area contributed by atoms with Gasteiger partial charge < -0.3 is 16.0 Å². The fourth-order valence-corrected chi connectivity index (χ4v) is 1.16. The summed E-state index contributed by atoms with van der Waals surface area (Å²) in [6.45, 7) is 3.91. The Labute approximate surface area is 82.1 Å². The van der Waals surface area contributed by atoms with Crippen molar-refractivity contribution in [1.82, 2.24) is 9.55 Å². The van der Waals surface area contributed by atoms with E-state index in [1.165, 1.54) is 18.6 Å². The summed E-state index contributed by atoms with van der Waals surface area (Å²) in [6, 6.07) is 0.160. The fourth-order valence-electron chi connectivity index (χ4n) is 1.16. The van der Waals surface area contributed by atoms with Crippen LogP contribution in [0.2, 0.25) is 0 Å². The second-order valence-corrected chi connectivity index (χ2v) is 3.21. The average Bonchev–Trinajstić information content (AvgIpc) is 2.11. The van der Waals surface area contributed by atoms with Gasteiger partial charge in [0.1, 0.15) is 12.1 Å². The van der Waals surface area contributed by atoms with E-state index in [1.54, 1.807) is 4.57 Å². The Balaban J connectivity index is 3.41. The molecule has 0 aromatic carbocycles. The van der Waals surface area contributed by atoms with E-state index in [1.807, 2.05) is 13.8 Å². The van der Waals surface area contributed by atoms with Crippen LogP contribution in [-0.4, -0.2) is 9.55 Å². The van der Waals surface area contributed by atoms with Crippen LogP contribution in [-0.2, 0) is 0 Å². The van der Waals surface area contributed by atoms with Gasteiger partial charge in [-0.3, -0.25) is 4.79 Å². The topological polar surface area (TPSA) is 86.9 Å². The highest BCUT2D eigenvalue weighted by atomic mass is 16.1. The van der Waals surface area contributed by atoms with Crippen LogP contribution in [0.3, 0.4) is 0 Å². The summed E-state index contributed by atoms with van der Waals surface area (Å²) in [4.78, 5) is 15.0. The summed E-state index contributed by atoms with van der Waals surface area (Å²) in [5.41, 5.74) is 11.0. The molecule has 0 unspecified atom stereocenters. The minimum absolute atomic E-state index is 0.160. The van der Waals surface area contributed by atoms with Crippen molar-refractivity contribution in [2.24, 2.45) is 5.73 Å². The highest BCUT2D eigenvalue weighted by Crippen LogP contribution is 2.13. The number of nitrogens with two attached hydrogens (primary N) is 2. The Morgan fingerprint density at radius 1 is 1.57 bits per heavy atom. The van der Waals surface area contributed by atoms with Gasteiger partial charge in [-0.1, -0.05) is 0 Å². The molecule has 0 aliphatic rings. The first-order chi connectivity index (χ1) is 6.57. The molecule has 0 spiro atoms. The summed E-state index contributed by atoms with van der Waals surface area (Å²) in [5, 5.41) is 0. The van der Waals surface area contributed by atoms with Crippen LogP contribution < -0.4 is 17.0 Å². The largest absolute Gasteiger partial charge is 0.405 e. The average molecular weight is 194 g/mol. The minimum Gasteiger partial charge on any atom is -0.405 e. The first-order valence-corrected chi connectivity index (χ1v) is 4.32. The molecule has 1 aromatic heterocycles. The number of nitrogens with zero attached hydrogens (tertiary/aromatic N) is 2. The van der Waals surface area contributed by atoms with Crippen molar-refractivity contribution in [2.75, 3.05) is 5.73 Å². The number of nitrogen functional groups attached to an aromatic ring is 1. The zero-order valence-corrected chi connectivity index (χ0v) is 8.27. The van der Waals surface area contributed by atoms with Crippen LogP contribution in [0, 0.1) is 0 Å². The second-order valence-electron chi connectivity index (χ2n) is 3.21. The van der Waals surface area contributed by atoms with Gasteiger partial charge in [0, 0.05) is 6.04 Å². The third-order valence-corrected chi connectivity index (χ3v) is 1.90. The molecule has 0 saturated heterocycles. The molecule has 0 bridgehead atoms. The number of rotatable bonds is 2. The van der Waals surface area contributed by atoms with Crippen molar-refractivity contribution in [3.05, 3.63) is 28.4 Å². The van der Waals surface area contributed by atoms with Crippen molar-refractivity contribution < 1.29 is 0 Å². The van der Waals surface area contributed by atoms with E-state index in [0.29, 0.717) is 11.4 Å².